The molecule has 0 aliphatic carbocycles. The lowest BCUT2D eigenvalue weighted by Crippen LogP contribution is -2.36. The summed E-state index contributed by atoms with van der Waals surface area (Å²) in [5.41, 5.74) is -4.77. The van der Waals surface area contributed by atoms with Crippen molar-refractivity contribution in [2.45, 2.75) is 64.0 Å². The quantitative estimate of drug-likeness (QED) is 0.423. The van der Waals surface area contributed by atoms with Crippen LogP contribution >= 0.6 is 7.60 Å². The Labute approximate surface area is 190 Å². The summed E-state index contributed by atoms with van der Waals surface area (Å²) in [7, 11) is -4.13. The molecular formula is C19H23F3N3O8P. The lowest BCUT2D eigenvalue weighted by Gasteiger charge is -2.22. The molecule has 1 saturated heterocycles. The number of alkyl halides is 3. The van der Waals surface area contributed by atoms with E-state index in [9.17, 15) is 42.4 Å². The maximum absolute atomic E-state index is 13.2. The van der Waals surface area contributed by atoms with Gasteiger partial charge in [0.15, 0.2) is 11.7 Å². The number of pyridine rings is 1. The fraction of sp³-hybridized carbons (Fsp3) is 0.526. The average Bonchev–Trinajstić information content (AvgIpc) is 2.97. The minimum atomic E-state index is -4.88. The van der Waals surface area contributed by atoms with Crippen molar-refractivity contribution >= 4 is 18.6 Å². The van der Waals surface area contributed by atoms with Gasteiger partial charge >= 0.3 is 19.5 Å². The zero-order valence-corrected chi connectivity index (χ0v) is 19.1. The molecule has 0 amide bonds. The minimum absolute atomic E-state index is 0.104. The molecule has 188 valence electrons. The Morgan fingerprint density at radius 1 is 1.38 bits per heavy atom. The summed E-state index contributed by atoms with van der Waals surface area (Å²) in [4.78, 5) is 40.2. The van der Waals surface area contributed by atoms with Crippen LogP contribution in [-0.2, 0) is 20.0 Å². The number of aromatic nitrogens is 3. The summed E-state index contributed by atoms with van der Waals surface area (Å²) in [6.45, 7) is 7.05. The van der Waals surface area contributed by atoms with Gasteiger partial charge in [0.1, 0.15) is 23.5 Å². The predicted molar refractivity (Wildman–Crippen MR) is 112 cm³/mol. The molecule has 1 fully saturated rings. The smallest absolute Gasteiger partial charge is 0.388 e. The molecule has 3 heterocycles. The second-order valence-electron chi connectivity index (χ2n) is 8.10. The maximum Gasteiger partial charge on any atom is 0.431 e. The number of nitrogens with one attached hydrogen (secondary N) is 1. The van der Waals surface area contributed by atoms with Gasteiger partial charge in [-0.1, -0.05) is 6.58 Å². The number of hydrogen-bond donors (Lipinski definition) is 4. The second kappa shape index (κ2) is 9.02. The minimum Gasteiger partial charge on any atom is -0.388 e. The number of aromatic amines is 1. The van der Waals surface area contributed by atoms with Crippen molar-refractivity contribution in [3.8, 4) is 0 Å². The lowest BCUT2D eigenvalue weighted by molar-refractivity contribution is -0.141. The normalized spacial score (nSPS) is 25.9. The zero-order valence-electron chi connectivity index (χ0n) is 18.2. The fourth-order valence-corrected chi connectivity index (χ4v) is 4.34. The first-order valence-electron chi connectivity index (χ1n) is 9.96. The second-order valence-corrected chi connectivity index (χ2v) is 10.1. The van der Waals surface area contributed by atoms with Crippen molar-refractivity contribution in [1.82, 2.24) is 14.5 Å². The molecule has 0 spiro atoms. The van der Waals surface area contributed by atoms with Crippen molar-refractivity contribution in [1.29, 1.82) is 0 Å². The number of aliphatic hydroxyl groups is 2. The van der Waals surface area contributed by atoms with Gasteiger partial charge in [-0.2, -0.15) is 18.2 Å². The Morgan fingerprint density at radius 2 is 2.00 bits per heavy atom. The van der Waals surface area contributed by atoms with Crippen LogP contribution in [0.5, 0.6) is 0 Å². The Morgan fingerprint density at radius 3 is 2.56 bits per heavy atom. The largest absolute Gasteiger partial charge is 0.431 e. The van der Waals surface area contributed by atoms with Crippen LogP contribution in [-0.4, -0.2) is 54.1 Å². The maximum atomic E-state index is 13.2. The molecule has 0 radical (unpaired) electrons. The highest BCUT2D eigenvalue weighted by atomic mass is 31.2. The first kappa shape index (κ1) is 26.3. The van der Waals surface area contributed by atoms with Crippen molar-refractivity contribution in [2.24, 2.45) is 0 Å². The molecule has 0 saturated carbocycles. The third-order valence-corrected chi connectivity index (χ3v) is 7.03. The highest BCUT2D eigenvalue weighted by Crippen LogP contribution is 2.51. The van der Waals surface area contributed by atoms with Gasteiger partial charge in [-0.25, -0.2) is 4.79 Å². The summed E-state index contributed by atoms with van der Waals surface area (Å²) in [6.07, 6.45) is -11.0. The van der Waals surface area contributed by atoms with E-state index >= 15 is 0 Å². The molecule has 2 aromatic heterocycles. The summed E-state index contributed by atoms with van der Waals surface area (Å²) in [5.74, 6) is 0. The lowest BCUT2D eigenvalue weighted by atomic mass is 10.1. The van der Waals surface area contributed by atoms with Crippen LogP contribution < -0.4 is 11.1 Å². The number of nitrogens with zero attached hydrogens (tertiary/aromatic N) is 2. The van der Waals surface area contributed by atoms with E-state index in [0.29, 0.717) is 4.57 Å². The standard InChI is InChI=1S/C19H23F3N3O8P/c1-7(2)34(30,31)33-8(3)5-11-13(27)14(28)17(32-11)25-6-10-12(26)9(4)15(19(20,21)22)23-16(10)24-18(25)29/h6,8,11,13-14,17,27-28H,1,5H2,2-4H3,(H,30,31)(H,23,24,29)/t8?,11-,13?,14?,17-/m1/s1. The SMILES string of the molecule is C=C(C)P(=O)(O)OC(C)C[C@H]1O[C@@H](n2cc3c(=O)c(C)c(C(F)(F)F)[nH]c3nc2=O)C(O)C1O. The third kappa shape index (κ3) is 4.88. The summed E-state index contributed by atoms with van der Waals surface area (Å²) >= 11 is 0. The van der Waals surface area contributed by atoms with Crippen LogP contribution in [0, 0.1) is 6.92 Å². The van der Waals surface area contributed by atoms with Crippen molar-refractivity contribution in [3.05, 3.63) is 50.1 Å². The van der Waals surface area contributed by atoms with Crippen LogP contribution in [0.2, 0.25) is 0 Å². The van der Waals surface area contributed by atoms with Crippen molar-refractivity contribution in [2.75, 3.05) is 0 Å². The average molecular weight is 509 g/mol. The van der Waals surface area contributed by atoms with E-state index in [0.717, 1.165) is 13.1 Å². The van der Waals surface area contributed by atoms with Gasteiger partial charge in [0.05, 0.1) is 17.6 Å². The summed E-state index contributed by atoms with van der Waals surface area (Å²) < 4.78 is 62.7. The number of halogens is 3. The van der Waals surface area contributed by atoms with Crippen LogP contribution in [0.3, 0.4) is 0 Å². The molecule has 0 bridgehead atoms. The molecule has 11 nitrogen and oxygen atoms in total. The highest BCUT2D eigenvalue weighted by molar-refractivity contribution is 7.57. The first-order valence-corrected chi connectivity index (χ1v) is 11.5. The molecule has 4 unspecified atom stereocenters. The number of hydrogen-bond acceptors (Lipinski definition) is 8. The van der Waals surface area contributed by atoms with Crippen LogP contribution in [0.1, 0.15) is 37.8 Å². The molecule has 1 aliphatic rings. The van der Waals surface area contributed by atoms with Gasteiger partial charge < -0.3 is 29.4 Å². The number of fused-ring (bicyclic) bond motifs is 1. The van der Waals surface area contributed by atoms with Gasteiger partial charge in [0.25, 0.3) is 0 Å². The molecular weight excluding hydrogens is 486 g/mol. The molecule has 3 rings (SSSR count). The van der Waals surface area contributed by atoms with Crippen molar-refractivity contribution in [3.63, 3.8) is 0 Å². The van der Waals surface area contributed by atoms with Crippen molar-refractivity contribution < 1.29 is 42.1 Å². The first-order chi connectivity index (χ1) is 15.5. The number of aliphatic hydroxyl groups excluding tert-OH is 2. The summed E-state index contributed by atoms with van der Waals surface area (Å²) in [6, 6.07) is 0. The Hall–Kier alpha value is -2.35. The van der Waals surface area contributed by atoms with E-state index in [1.807, 2.05) is 4.98 Å². The van der Waals surface area contributed by atoms with E-state index < -0.39 is 72.4 Å². The monoisotopic (exact) mass is 509 g/mol. The van der Waals surface area contributed by atoms with E-state index in [4.69, 9.17) is 9.26 Å². The van der Waals surface area contributed by atoms with Gasteiger partial charge in [0, 0.05) is 23.5 Å². The molecule has 6 atom stereocenters. The predicted octanol–water partition coefficient (Wildman–Crippen LogP) is 1.55. The molecule has 1 aliphatic heterocycles. The zero-order chi connectivity index (χ0) is 25.7. The van der Waals surface area contributed by atoms with Gasteiger partial charge in [-0.15, -0.1) is 0 Å². The summed E-state index contributed by atoms with van der Waals surface area (Å²) in [5, 5.41) is 20.3. The number of H-pyrrole nitrogens is 1. The Balaban J connectivity index is 1.94. The van der Waals surface area contributed by atoms with E-state index in [-0.39, 0.29) is 17.1 Å². The third-order valence-electron chi connectivity index (χ3n) is 5.42. The molecule has 0 aromatic carbocycles. The van der Waals surface area contributed by atoms with E-state index in [1.54, 1.807) is 0 Å². The number of ether oxygens (including phenoxy) is 1. The van der Waals surface area contributed by atoms with Gasteiger partial charge in [0.2, 0.25) is 0 Å². The van der Waals surface area contributed by atoms with Gasteiger partial charge in [-0.05, 0) is 20.8 Å². The Kier molecular flexibility index (Phi) is 6.97. The number of rotatable bonds is 6. The van der Waals surface area contributed by atoms with Crippen LogP contribution in [0.15, 0.2) is 27.7 Å². The number of allylic oxidation sites excluding steroid dienone is 1. The fourth-order valence-electron chi connectivity index (χ4n) is 3.58. The van der Waals surface area contributed by atoms with Crippen LogP contribution in [0.25, 0.3) is 11.0 Å². The topological polar surface area (TPSA) is 164 Å². The van der Waals surface area contributed by atoms with E-state index in [1.165, 1.54) is 13.8 Å². The van der Waals surface area contributed by atoms with Crippen LogP contribution in [0.4, 0.5) is 13.2 Å². The molecule has 34 heavy (non-hydrogen) atoms. The van der Waals surface area contributed by atoms with Gasteiger partial charge in [-0.3, -0.25) is 13.9 Å². The Bertz CT molecular complexity index is 1290. The van der Waals surface area contributed by atoms with E-state index in [2.05, 4.69) is 11.6 Å². The highest BCUT2D eigenvalue weighted by Gasteiger charge is 2.45. The molecule has 4 N–H and O–H groups in total. The molecule has 15 heteroatoms. The molecule has 2 aromatic rings.